The minimum Gasteiger partial charge on any atom is -0.418 e. The Labute approximate surface area is 68.9 Å². The lowest BCUT2D eigenvalue weighted by Gasteiger charge is -2.07. The molecule has 0 saturated heterocycles. The van der Waals surface area contributed by atoms with Crippen LogP contribution in [-0.2, 0) is 19.6 Å². The topological polar surface area (TPSA) is 101 Å². The molecule has 12 heavy (non-hydrogen) atoms. The number of hydrogen-bond acceptors (Lipinski definition) is 5. The minimum atomic E-state index is -4.69. The van der Waals surface area contributed by atoms with Gasteiger partial charge in [0.2, 0.25) is 0 Å². The molecule has 0 aromatic carbocycles. The maximum absolute atomic E-state index is 10.7. The van der Waals surface area contributed by atoms with Crippen molar-refractivity contribution in [1.29, 1.82) is 0 Å². The summed E-state index contributed by atoms with van der Waals surface area (Å²) in [6.07, 6.45) is 1.27. The highest BCUT2D eigenvalue weighted by Gasteiger charge is 2.35. The molecule has 0 heterocycles. The zero-order valence-electron chi connectivity index (χ0n) is 6.00. The van der Waals surface area contributed by atoms with Crippen LogP contribution in [-0.4, -0.2) is 29.7 Å². The molecular formula is C5H8O6S. The molecule has 2 N–H and O–H groups in total. The molecule has 0 aromatic heterocycles. The van der Waals surface area contributed by atoms with Crippen LogP contribution in [0.3, 0.4) is 0 Å². The molecule has 0 amide bonds. The van der Waals surface area contributed by atoms with E-state index < -0.39 is 21.7 Å². The van der Waals surface area contributed by atoms with Gasteiger partial charge in [-0.05, 0) is 12.8 Å². The predicted octanol–water partition coefficient (Wildman–Crippen LogP) is -0.897. The van der Waals surface area contributed by atoms with Crippen LogP contribution in [0.4, 0.5) is 0 Å². The second kappa shape index (κ2) is 3.00. The lowest BCUT2D eigenvalue weighted by Crippen LogP contribution is -2.27. The van der Waals surface area contributed by atoms with Gasteiger partial charge in [-0.3, -0.25) is 9.35 Å². The van der Waals surface area contributed by atoms with Crippen molar-refractivity contribution in [3.63, 3.8) is 0 Å². The van der Waals surface area contributed by atoms with Crippen LogP contribution in [0.15, 0.2) is 0 Å². The van der Waals surface area contributed by atoms with E-state index in [-0.39, 0.29) is 5.92 Å². The summed E-state index contributed by atoms with van der Waals surface area (Å²) in [5.41, 5.74) is -2.45. The molecular weight excluding hydrogens is 188 g/mol. The van der Waals surface area contributed by atoms with Gasteiger partial charge in [0, 0.05) is 0 Å². The van der Waals surface area contributed by atoms with Crippen molar-refractivity contribution < 1.29 is 27.6 Å². The van der Waals surface area contributed by atoms with Gasteiger partial charge in [-0.2, -0.15) is 8.42 Å². The normalized spacial score (nSPS) is 20.2. The number of carbonyl (C=O) groups excluding carboxylic acids is 1. The fourth-order valence-corrected chi connectivity index (χ4v) is 0.792. The van der Waals surface area contributed by atoms with Crippen molar-refractivity contribution in [2.45, 2.75) is 18.5 Å². The number of carbonyl (C=O) groups is 1. The van der Waals surface area contributed by atoms with E-state index in [9.17, 15) is 13.2 Å². The van der Waals surface area contributed by atoms with E-state index in [1.807, 2.05) is 0 Å². The lowest BCUT2D eigenvalue weighted by molar-refractivity contribution is -0.158. The molecule has 0 aliphatic heterocycles. The van der Waals surface area contributed by atoms with Crippen LogP contribution in [0.5, 0.6) is 0 Å². The number of aliphatic hydroxyl groups is 1. The van der Waals surface area contributed by atoms with Crippen molar-refractivity contribution in [3.8, 4) is 0 Å². The van der Waals surface area contributed by atoms with Crippen LogP contribution < -0.4 is 0 Å². The zero-order valence-corrected chi connectivity index (χ0v) is 6.82. The van der Waals surface area contributed by atoms with E-state index in [0.29, 0.717) is 12.8 Å². The predicted molar refractivity (Wildman–Crippen MR) is 36.4 cm³/mol. The molecule has 0 bridgehead atoms. The van der Waals surface area contributed by atoms with Gasteiger partial charge in [-0.25, -0.2) is 0 Å². The third kappa shape index (κ3) is 2.43. The third-order valence-electron chi connectivity index (χ3n) is 1.38. The molecule has 0 aromatic rings. The van der Waals surface area contributed by atoms with Gasteiger partial charge in [-0.15, -0.1) is 0 Å². The second-order valence-corrected chi connectivity index (χ2v) is 3.97. The van der Waals surface area contributed by atoms with Crippen LogP contribution in [0.25, 0.3) is 0 Å². The van der Waals surface area contributed by atoms with Gasteiger partial charge >= 0.3 is 21.7 Å². The maximum Gasteiger partial charge on any atom is 0.330 e. The molecule has 0 radical (unpaired) electrons. The molecule has 70 valence electrons. The van der Waals surface area contributed by atoms with Gasteiger partial charge in [0.15, 0.2) is 0 Å². The number of rotatable bonds is 3. The highest BCUT2D eigenvalue weighted by molar-refractivity contribution is 7.86. The Morgan fingerprint density at radius 2 is 2.00 bits per heavy atom. The van der Waals surface area contributed by atoms with Gasteiger partial charge in [0.05, 0.1) is 5.92 Å². The summed E-state index contributed by atoms with van der Waals surface area (Å²) in [7, 11) is -4.69. The van der Waals surface area contributed by atoms with E-state index in [1.165, 1.54) is 0 Å². The summed E-state index contributed by atoms with van der Waals surface area (Å²) >= 11 is 0. The smallest absolute Gasteiger partial charge is 0.330 e. The van der Waals surface area contributed by atoms with Crippen LogP contribution in [0.2, 0.25) is 0 Å². The van der Waals surface area contributed by atoms with Crippen molar-refractivity contribution in [2.24, 2.45) is 5.92 Å². The molecule has 1 aliphatic carbocycles. The fraction of sp³-hybridized carbons (Fsp3) is 0.800. The SMILES string of the molecule is O=C(OC(O)S(=O)(=O)O)C1CC1. The van der Waals surface area contributed by atoms with Crippen molar-refractivity contribution in [3.05, 3.63) is 0 Å². The summed E-state index contributed by atoms with van der Waals surface area (Å²) in [6.45, 7) is 0. The monoisotopic (exact) mass is 196 g/mol. The molecule has 1 fully saturated rings. The number of aliphatic hydroxyl groups excluding tert-OH is 1. The Hall–Kier alpha value is -0.660. The second-order valence-electron chi connectivity index (χ2n) is 2.53. The minimum absolute atomic E-state index is 0.318. The molecule has 1 saturated carbocycles. The zero-order chi connectivity index (χ0) is 9.35. The molecule has 1 aliphatic rings. The average Bonchev–Trinajstić information content (AvgIpc) is 2.65. The van der Waals surface area contributed by atoms with E-state index >= 15 is 0 Å². The molecule has 1 unspecified atom stereocenters. The van der Waals surface area contributed by atoms with E-state index in [2.05, 4.69) is 4.74 Å². The van der Waals surface area contributed by atoms with Crippen LogP contribution >= 0.6 is 0 Å². The Kier molecular flexibility index (Phi) is 2.36. The largest absolute Gasteiger partial charge is 0.418 e. The van der Waals surface area contributed by atoms with E-state index in [4.69, 9.17) is 9.66 Å². The van der Waals surface area contributed by atoms with Crippen LogP contribution in [0, 0.1) is 5.92 Å². The molecule has 6 nitrogen and oxygen atoms in total. The quantitative estimate of drug-likeness (QED) is 0.345. The summed E-state index contributed by atoms with van der Waals surface area (Å²) in [5.74, 6) is -1.11. The lowest BCUT2D eigenvalue weighted by atomic mass is 10.4. The standard InChI is InChI=1S/C5H8O6S/c6-4(3-1-2-3)11-5(7)12(8,9)10/h3,5,7H,1-2H2,(H,8,9,10). The summed E-state index contributed by atoms with van der Waals surface area (Å²) < 4.78 is 32.5. The summed E-state index contributed by atoms with van der Waals surface area (Å²) in [4.78, 5) is 10.7. The fourth-order valence-electron chi connectivity index (χ4n) is 0.575. The Morgan fingerprint density at radius 3 is 2.33 bits per heavy atom. The van der Waals surface area contributed by atoms with Crippen LogP contribution in [0.1, 0.15) is 12.8 Å². The van der Waals surface area contributed by atoms with E-state index in [0.717, 1.165) is 0 Å². The molecule has 1 atom stereocenters. The molecule has 0 spiro atoms. The highest BCUT2D eigenvalue weighted by atomic mass is 32.2. The van der Waals surface area contributed by atoms with E-state index in [1.54, 1.807) is 0 Å². The highest BCUT2D eigenvalue weighted by Crippen LogP contribution is 2.30. The van der Waals surface area contributed by atoms with Crippen molar-refractivity contribution >= 4 is 16.1 Å². The van der Waals surface area contributed by atoms with Gasteiger partial charge < -0.3 is 9.84 Å². The van der Waals surface area contributed by atoms with Gasteiger partial charge in [0.1, 0.15) is 0 Å². The maximum atomic E-state index is 10.7. The first-order chi connectivity index (χ1) is 5.41. The number of hydrogen-bond donors (Lipinski definition) is 2. The Bertz CT molecular complexity index is 276. The average molecular weight is 196 g/mol. The first-order valence-electron chi connectivity index (χ1n) is 3.26. The van der Waals surface area contributed by atoms with Gasteiger partial charge in [0.25, 0.3) is 0 Å². The van der Waals surface area contributed by atoms with Gasteiger partial charge in [-0.1, -0.05) is 0 Å². The molecule has 1 rings (SSSR count). The first kappa shape index (κ1) is 9.43. The Balaban J connectivity index is 2.45. The number of esters is 1. The third-order valence-corrected chi connectivity index (χ3v) is 1.99. The first-order valence-corrected chi connectivity index (χ1v) is 4.76. The molecule has 7 heteroatoms. The summed E-state index contributed by atoms with van der Waals surface area (Å²) in [5, 5.41) is 8.55. The Morgan fingerprint density at radius 1 is 1.50 bits per heavy atom. The van der Waals surface area contributed by atoms with Crippen molar-refractivity contribution in [2.75, 3.05) is 0 Å². The van der Waals surface area contributed by atoms with Crippen molar-refractivity contribution in [1.82, 2.24) is 0 Å². The number of ether oxygens (including phenoxy) is 1. The summed E-state index contributed by atoms with van der Waals surface area (Å²) in [6, 6.07) is 0.